The zero-order valence-electron chi connectivity index (χ0n) is 9.78. The predicted octanol–water partition coefficient (Wildman–Crippen LogP) is 3.70. The van der Waals surface area contributed by atoms with Gasteiger partial charge in [-0.3, -0.25) is 4.98 Å². The number of hydrogen-bond donors (Lipinski definition) is 1. The summed E-state index contributed by atoms with van der Waals surface area (Å²) in [5, 5.41) is 4.16. The quantitative estimate of drug-likeness (QED) is 0.890. The average Bonchev–Trinajstić information content (AvgIpc) is 2.32. The number of benzene rings is 1. The highest BCUT2D eigenvalue weighted by Crippen LogP contribution is 2.11. The number of nitrogens with one attached hydrogen (secondary N) is 1. The van der Waals surface area contributed by atoms with Gasteiger partial charge in [0.25, 0.3) is 0 Å². The van der Waals surface area contributed by atoms with Crippen LogP contribution < -0.4 is 5.32 Å². The van der Waals surface area contributed by atoms with E-state index in [-0.39, 0.29) is 0 Å². The highest BCUT2D eigenvalue weighted by atomic mass is 35.5. The fraction of sp³-hybridized carbons (Fsp3) is 0.214. The Morgan fingerprint density at radius 3 is 2.65 bits per heavy atom. The molecule has 88 valence electrons. The molecule has 1 heterocycles. The Hall–Kier alpha value is -1.54. The first-order valence-electron chi connectivity index (χ1n) is 5.65. The van der Waals surface area contributed by atoms with Crippen LogP contribution in [0.5, 0.6) is 0 Å². The van der Waals surface area contributed by atoms with Gasteiger partial charge in [-0.15, -0.1) is 0 Å². The van der Waals surface area contributed by atoms with Crippen LogP contribution in [0.2, 0.25) is 5.02 Å². The zero-order valence-corrected chi connectivity index (χ0v) is 10.5. The topological polar surface area (TPSA) is 24.9 Å². The predicted molar refractivity (Wildman–Crippen MR) is 72.6 cm³/mol. The van der Waals surface area contributed by atoms with Gasteiger partial charge in [-0.05, 0) is 43.2 Å². The van der Waals surface area contributed by atoms with Crippen LogP contribution in [0.1, 0.15) is 11.3 Å². The summed E-state index contributed by atoms with van der Waals surface area (Å²) >= 11 is 5.84. The molecular weight excluding hydrogens is 232 g/mol. The van der Waals surface area contributed by atoms with E-state index in [0.717, 1.165) is 29.4 Å². The molecule has 3 heteroatoms. The van der Waals surface area contributed by atoms with Gasteiger partial charge in [-0.2, -0.15) is 0 Å². The van der Waals surface area contributed by atoms with E-state index in [1.165, 1.54) is 5.56 Å². The van der Waals surface area contributed by atoms with Gasteiger partial charge in [0.05, 0.1) is 0 Å². The van der Waals surface area contributed by atoms with Gasteiger partial charge < -0.3 is 5.32 Å². The van der Waals surface area contributed by atoms with E-state index < -0.39 is 0 Å². The Labute approximate surface area is 107 Å². The van der Waals surface area contributed by atoms with Crippen molar-refractivity contribution in [2.24, 2.45) is 0 Å². The largest absolute Gasteiger partial charge is 0.385 e. The maximum atomic E-state index is 5.84. The Morgan fingerprint density at radius 2 is 1.94 bits per heavy atom. The van der Waals surface area contributed by atoms with E-state index in [4.69, 9.17) is 11.6 Å². The molecular formula is C14H15ClN2. The lowest BCUT2D eigenvalue weighted by Gasteiger charge is -2.06. The van der Waals surface area contributed by atoms with Crippen LogP contribution in [-0.4, -0.2) is 11.5 Å². The van der Waals surface area contributed by atoms with Crippen molar-refractivity contribution in [2.45, 2.75) is 13.3 Å². The first-order valence-corrected chi connectivity index (χ1v) is 6.03. The van der Waals surface area contributed by atoms with Crippen LogP contribution in [-0.2, 0) is 6.42 Å². The van der Waals surface area contributed by atoms with E-state index in [1.807, 2.05) is 37.4 Å². The summed E-state index contributed by atoms with van der Waals surface area (Å²) in [6, 6.07) is 12.0. The van der Waals surface area contributed by atoms with E-state index in [1.54, 1.807) is 0 Å². The third-order valence-electron chi connectivity index (χ3n) is 2.55. The molecule has 0 saturated heterocycles. The van der Waals surface area contributed by atoms with E-state index in [9.17, 15) is 0 Å². The molecule has 0 atom stereocenters. The number of pyridine rings is 1. The fourth-order valence-corrected chi connectivity index (χ4v) is 1.78. The second-order valence-corrected chi connectivity index (χ2v) is 4.43. The average molecular weight is 247 g/mol. The molecule has 0 aliphatic heterocycles. The van der Waals surface area contributed by atoms with E-state index in [2.05, 4.69) is 22.4 Å². The fourth-order valence-electron chi connectivity index (χ4n) is 1.66. The number of aryl methyl sites for hydroxylation is 1. The third kappa shape index (κ3) is 3.75. The molecule has 2 nitrogen and oxygen atoms in total. The lowest BCUT2D eigenvalue weighted by atomic mass is 10.1. The Kier molecular flexibility index (Phi) is 3.99. The molecule has 0 radical (unpaired) electrons. The van der Waals surface area contributed by atoms with Crippen LogP contribution >= 0.6 is 11.6 Å². The highest BCUT2D eigenvalue weighted by Gasteiger charge is 1.95. The van der Waals surface area contributed by atoms with Crippen molar-refractivity contribution in [3.05, 3.63) is 58.9 Å². The highest BCUT2D eigenvalue weighted by molar-refractivity contribution is 6.30. The molecule has 0 saturated carbocycles. The number of halogens is 1. The van der Waals surface area contributed by atoms with Crippen molar-refractivity contribution >= 4 is 17.3 Å². The molecule has 0 aliphatic carbocycles. The second kappa shape index (κ2) is 5.69. The maximum Gasteiger partial charge on any atom is 0.0406 e. The minimum atomic E-state index is 0.784. The molecule has 1 N–H and O–H groups in total. The number of nitrogens with zero attached hydrogens (tertiary/aromatic N) is 1. The molecule has 1 aromatic heterocycles. The van der Waals surface area contributed by atoms with Crippen LogP contribution in [0.15, 0.2) is 42.6 Å². The van der Waals surface area contributed by atoms with Crippen molar-refractivity contribution in [1.29, 1.82) is 0 Å². The first-order chi connectivity index (χ1) is 8.24. The van der Waals surface area contributed by atoms with Gasteiger partial charge in [-0.25, -0.2) is 0 Å². The Morgan fingerprint density at radius 1 is 1.18 bits per heavy atom. The number of anilines is 1. The molecule has 0 bridgehead atoms. The third-order valence-corrected chi connectivity index (χ3v) is 2.80. The first kappa shape index (κ1) is 11.9. The molecule has 0 amide bonds. The molecule has 17 heavy (non-hydrogen) atoms. The maximum absolute atomic E-state index is 5.84. The van der Waals surface area contributed by atoms with E-state index in [0.29, 0.717) is 0 Å². The van der Waals surface area contributed by atoms with Gasteiger partial charge in [0, 0.05) is 29.1 Å². The standard InChI is InChI=1S/C14H15ClN2/c1-11-10-14(7-9-16-11)17-8-6-12-2-4-13(15)5-3-12/h2-5,7,9-10H,6,8H2,1H3,(H,16,17). The Balaban J connectivity index is 1.85. The van der Waals surface area contributed by atoms with Gasteiger partial charge in [0.15, 0.2) is 0 Å². The summed E-state index contributed by atoms with van der Waals surface area (Å²) in [5.41, 5.74) is 3.43. The van der Waals surface area contributed by atoms with Crippen LogP contribution in [0, 0.1) is 6.92 Å². The molecule has 1 aromatic carbocycles. The number of hydrogen-bond acceptors (Lipinski definition) is 2. The van der Waals surface area contributed by atoms with Gasteiger partial charge in [0.1, 0.15) is 0 Å². The molecule has 0 fully saturated rings. The summed E-state index contributed by atoms with van der Waals surface area (Å²) in [6.07, 6.45) is 2.80. The lowest BCUT2D eigenvalue weighted by Crippen LogP contribution is -2.05. The van der Waals surface area contributed by atoms with Crippen LogP contribution in [0.25, 0.3) is 0 Å². The van der Waals surface area contributed by atoms with Gasteiger partial charge in [-0.1, -0.05) is 23.7 Å². The molecule has 2 rings (SSSR count). The number of aromatic nitrogens is 1. The second-order valence-electron chi connectivity index (χ2n) is 3.99. The summed E-state index contributed by atoms with van der Waals surface area (Å²) in [7, 11) is 0. The molecule has 0 unspecified atom stereocenters. The summed E-state index contributed by atoms with van der Waals surface area (Å²) in [6.45, 7) is 2.90. The number of rotatable bonds is 4. The summed E-state index contributed by atoms with van der Waals surface area (Å²) < 4.78 is 0. The normalized spacial score (nSPS) is 10.2. The summed E-state index contributed by atoms with van der Waals surface area (Å²) in [5.74, 6) is 0. The smallest absolute Gasteiger partial charge is 0.0406 e. The molecule has 0 aliphatic rings. The van der Waals surface area contributed by atoms with Gasteiger partial charge >= 0.3 is 0 Å². The molecule has 2 aromatic rings. The van der Waals surface area contributed by atoms with Gasteiger partial charge in [0.2, 0.25) is 0 Å². The zero-order chi connectivity index (χ0) is 12.1. The van der Waals surface area contributed by atoms with Crippen molar-refractivity contribution in [3.8, 4) is 0 Å². The van der Waals surface area contributed by atoms with Crippen LogP contribution in [0.3, 0.4) is 0 Å². The van der Waals surface area contributed by atoms with Crippen LogP contribution in [0.4, 0.5) is 5.69 Å². The van der Waals surface area contributed by atoms with Crippen molar-refractivity contribution in [3.63, 3.8) is 0 Å². The van der Waals surface area contributed by atoms with Crippen molar-refractivity contribution in [2.75, 3.05) is 11.9 Å². The van der Waals surface area contributed by atoms with E-state index >= 15 is 0 Å². The monoisotopic (exact) mass is 246 g/mol. The minimum Gasteiger partial charge on any atom is -0.385 e. The minimum absolute atomic E-state index is 0.784. The van der Waals surface area contributed by atoms with Crippen molar-refractivity contribution < 1.29 is 0 Å². The SMILES string of the molecule is Cc1cc(NCCc2ccc(Cl)cc2)ccn1. The lowest BCUT2D eigenvalue weighted by molar-refractivity contribution is 1.02. The summed E-state index contributed by atoms with van der Waals surface area (Å²) in [4.78, 5) is 4.16. The molecule has 0 spiro atoms. The Bertz CT molecular complexity index is 480. The van der Waals surface area contributed by atoms with Crippen molar-refractivity contribution in [1.82, 2.24) is 4.98 Å².